The molecule has 1 atom stereocenters. The molecule has 14 rings (SSSR count). The number of furan rings is 3. The first-order chi connectivity index (χ1) is 32.2. The minimum absolute atomic E-state index is 0.0899. The van der Waals surface area contributed by atoms with E-state index in [0.29, 0.717) is 0 Å². The second kappa shape index (κ2) is 14.0. The van der Waals surface area contributed by atoms with E-state index >= 15 is 0 Å². The van der Waals surface area contributed by atoms with Gasteiger partial charge in [-0.25, -0.2) is 4.98 Å². The average Bonchev–Trinajstić information content (AvgIpc) is 4.06. The number of para-hydroxylation sites is 4. The van der Waals surface area contributed by atoms with E-state index in [-0.39, 0.29) is 5.92 Å². The fourth-order valence-corrected chi connectivity index (χ4v) is 10.6. The van der Waals surface area contributed by atoms with Gasteiger partial charge in [-0.15, -0.1) is 0 Å². The van der Waals surface area contributed by atoms with Crippen molar-refractivity contribution in [3.8, 4) is 22.4 Å². The summed E-state index contributed by atoms with van der Waals surface area (Å²) < 4.78 is 19.5. The van der Waals surface area contributed by atoms with Gasteiger partial charge < -0.3 is 13.3 Å². The summed E-state index contributed by atoms with van der Waals surface area (Å²) >= 11 is 0. The van der Waals surface area contributed by atoms with Gasteiger partial charge in [-0.3, -0.25) is 0 Å². The Kier molecular flexibility index (Phi) is 7.78. The van der Waals surface area contributed by atoms with Crippen LogP contribution in [0.5, 0.6) is 0 Å². The number of benzene rings is 9. The molecule has 0 fully saturated rings. The fraction of sp³-hybridized carbons (Fsp3) is 0.0328. The lowest BCUT2D eigenvalue weighted by Gasteiger charge is -2.23. The first-order valence-electron chi connectivity index (χ1n) is 22.3. The summed E-state index contributed by atoms with van der Waals surface area (Å²) in [5.74, 6) is 0.0899. The molecule has 4 aromatic heterocycles. The van der Waals surface area contributed by atoms with Crippen LogP contribution >= 0.6 is 0 Å². The Hall–Kier alpha value is -8.47. The molecule has 13 aromatic rings. The molecule has 65 heavy (non-hydrogen) atoms. The van der Waals surface area contributed by atoms with E-state index in [1.165, 1.54) is 16.5 Å². The molecule has 1 unspecified atom stereocenters. The first-order valence-corrected chi connectivity index (χ1v) is 22.3. The summed E-state index contributed by atoms with van der Waals surface area (Å²) in [6, 6.07) is 68.7. The van der Waals surface area contributed by atoms with Gasteiger partial charge >= 0.3 is 0 Å². The van der Waals surface area contributed by atoms with Crippen LogP contribution < -0.4 is 0 Å². The minimum Gasteiger partial charge on any atom is -0.456 e. The van der Waals surface area contributed by atoms with Crippen molar-refractivity contribution >= 4 is 98.6 Å². The molecule has 4 heteroatoms. The van der Waals surface area contributed by atoms with Crippen LogP contribution in [0.15, 0.2) is 220 Å². The molecule has 4 heterocycles. The van der Waals surface area contributed by atoms with Gasteiger partial charge in [0.25, 0.3) is 0 Å². The third-order valence-corrected chi connectivity index (χ3v) is 13.6. The van der Waals surface area contributed by atoms with Gasteiger partial charge in [0.15, 0.2) is 0 Å². The van der Waals surface area contributed by atoms with Gasteiger partial charge in [-0.1, -0.05) is 152 Å². The molecule has 1 aliphatic rings. The molecule has 0 radical (unpaired) electrons. The van der Waals surface area contributed by atoms with Crippen LogP contribution in [0.1, 0.15) is 29.0 Å². The molecule has 0 bridgehead atoms. The Bertz CT molecular complexity index is 4160. The number of fused-ring (bicyclic) bond motifs is 12. The van der Waals surface area contributed by atoms with Gasteiger partial charge in [-0.05, 0) is 94.4 Å². The normalized spacial score (nSPS) is 14.4. The van der Waals surface area contributed by atoms with Crippen molar-refractivity contribution in [1.82, 2.24) is 4.98 Å². The maximum absolute atomic E-state index is 6.68. The van der Waals surface area contributed by atoms with Crippen molar-refractivity contribution in [2.75, 3.05) is 0 Å². The molecule has 0 spiro atoms. The van der Waals surface area contributed by atoms with Crippen LogP contribution in [-0.2, 0) is 0 Å². The molecule has 304 valence electrons. The van der Waals surface area contributed by atoms with E-state index in [9.17, 15) is 0 Å². The van der Waals surface area contributed by atoms with Crippen molar-refractivity contribution < 1.29 is 13.3 Å². The molecule has 4 nitrogen and oxygen atoms in total. The van der Waals surface area contributed by atoms with Crippen LogP contribution in [0.3, 0.4) is 0 Å². The van der Waals surface area contributed by atoms with E-state index in [4.69, 9.17) is 18.2 Å². The zero-order chi connectivity index (χ0) is 42.6. The average molecular weight is 832 g/mol. The standard InChI is InChI=1S/C61H37NO3/c1-2-13-36(14-3-1)58-59-48-19-4-8-21-51(48)62-61(50(59)35-57-60(58)49-20-7-11-24-54(49)65-57)40-16-12-15-37(29-40)41-30-42(38-25-27-46-44-17-5-9-22-52(44)63-55(46)33-38)32-43(31-41)39-26-28-47-45-18-6-10-23-53(45)64-56(47)34-39/h1-31,33-35,42H,32H2. The largest absolute Gasteiger partial charge is 0.456 e. The Balaban J connectivity index is 0.974. The van der Waals surface area contributed by atoms with Crippen LogP contribution in [0.2, 0.25) is 0 Å². The predicted octanol–water partition coefficient (Wildman–Crippen LogP) is 17.1. The van der Waals surface area contributed by atoms with Crippen LogP contribution in [-0.4, -0.2) is 4.98 Å². The Morgan fingerprint density at radius 3 is 1.77 bits per heavy atom. The summed E-state index contributed by atoms with van der Waals surface area (Å²) in [7, 11) is 0. The zero-order valence-corrected chi connectivity index (χ0v) is 35.1. The highest BCUT2D eigenvalue weighted by molar-refractivity contribution is 6.27. The van der Waals surface area contributed by atoms with Crippen LogP contribution in [0, 0.1) is 0 Å². The quantitative estimate of drug-likeness (QED) is 0.162. The van der Waals surface area contributed by atoms with Crippen molar-refractivity contribution in [3.63, 3.8) is 0 Å². The van der Waals surface area contributed by atoms with Gasteiger partial charge in [-0.2, -0.15) is 0 Å². The van der Waals surface area contributed by atoms with E-state index in [1.54, 1.807) is 0 Å². The highest BCUT2D eigenvalue weighted by atomic mass is 16.3. The number of allylic oxidation sites excluding steroid dienone is 4. The maximum Gasteiger partial charge on any atom is 0.136 e. The van der Waals surface area contributed by atoms with Gasteiger partial charge in [0.05, 0.1) is 11.2 Å². The van der Waals surface area contributed by atoms with Crippen molar-refractivity contribution in [3.05, 3.63) is 223 Å². The molecule has 1 aliphatic carbocycles. The lowest BCUT2D eigenvalue weighted by atomic mass is 9.81. The highest BCUT2D eigenvalue weighted by Crippen LogP contribution is 2.47. The van der Waals surface area contributed by atoms with Crippen molar-refractivity contribution in [2.45, 2.75) is 12.3 Å². The van der Waals surface area contributed by atoms with E-state index in [2.05, 4.69) is 176 Å². The first kappa shape index (κ1) is 36.1. The maximum atomic E-state index is 6.68. The van der Waals surface area contributed by atoms with Crippen LogP contribution in [0.4, 0.5) is 0 Å². The molecular formula is C61H37NO3. The Labute approximate surface area is 373 Å². The van der Waals surface area contributed by atoms with Gasteiger partial charge in [0.1, 0.15) is 33.5 Å². The number of hydrogen-bond acceptors (Lipinski definition) is 4. The second-order valence-electron chi connectivity index (χ2n) is 17.3. The smallest absolute Gasteiger partial charge is 0.136 e. The SMILES string of the molecule is C1=C(c2cccc(-c3nc4ccccc4c4c(-c5ccccc5)c5c(cc34)oc3ccccc35)c2)C=C(c2ccc3c(c2)oc2ccccc23)CC1c1ccc2c(c1)oc1ccccc12. The lowest BCUT2D eigenvalue weighted by Crippen LogP contribution is -2.04. The minimum atomic E-state index is 0.0899. The summed E-state index contributed by atoms with van der Waals surface area (Å²) in [6.07, 6.45) is 5.63. The Morgan fingerprint density at radius 1 is 0.385 bits per heavy atom. The molecule has 9 aromatic carbocycles. The van der Waals surface area contributed by atoms with E-state index in [1.807, 2.05) is 30.3 Å². The molecule has 0 saturated carbocycles. The molecular weight excluding hydrogens is 795 g/mol. The van der Waals surface area contributed by atoms with Gasteiger partial charge in [0.2, 0.25) is 0 Å². The van der Waals surface area contributed by atoms with Crippen LogP contribution in [0.25, 0.3) is 121 Å². The monoisotopic (exact) mass is 831 g/mol. The summed E-state index contributed by atoms with van der Waals surface area (Å²) in [6.45, 7) is 0. The van der Waals surface area contributed by atoms with Crippen molar-refractivity contribution in [1.29, 1.82) is 0 Å². The topological polar surface area (TPSA) is 52.3 Å². The molecule has 0 saturated heterocycles. The van der Waals surface area contributed by atoms with Crippen molar-refractivity contribution in [2.24, 2.45) is 0 Å². The lowest BCUT2D eigenvalue weighted by molar-refractivity contribution is 0.667. The third-order valence-electron chi connectivity index (χ3n) is 13.6. The number of nitrogens with zero attached hydrogens (tertiary/aromatic N) is 1. The number of hydrogen-bond donors (Lipinski definition) is 0. The molecule has 0 N–H and O–H groups in total. The van der Waals surface area contributed by atoms with Gasteiger partial charge in [0, 0.05) is 65.5 Å². The van der Waals surface area contributed by atoms with E-state index < -0.39 is 0 Å². The summed E-state index contributed by atoms with van der Waals surface area (Å²) in [4.78, 5) is 5.48. The fourth-order valence-electron chi connectivity index (χ4n) is 10.6. The molecule has 0 aliphatic heterocycles. The van der Waals surface area contributed by atoms with E-state index in [0.717, 1.165) is 128 Å². The number of pyridine rings is 1. The summed E-state index contributed by atoms with van der Waals surface area (Å²) in [5.41, 5.74) is 16.4. The predicted molar refractivity (Wildman–Crippen MR) is 268 cm³/mol. The number of aromatic nitrogens is 1. The third kappa shape index (κ3) is 5.67. The number of rotatable bonds is 5. The summed E-state index contributed by atoms with van der Waals surface area (Å²) in [5, 5.41) is 10.1. The second-order valence-corrected chi connectivity index (χ2v) is 17.3. The zero-order valence-electron chi connectivity index (χ0n) is 35.1. The Morgan fingerprint density at radius 2 is 0.985 bits per heavy atom. The highest BCUT2D eigenvalue weighted by Gasteiger charge is 2.24. The molecule has 0 amide bonds.